The number of nitrogens with zero attached hydrogens (tertiary/aromatic N) is 1. The van der Waals surface area contributed by atoms with Gasteiger partial charge in [-0.1, -0.05) is 81.8 Å². The molecule has 1 aromatic carbocycles. The van der Waals surface area contributed by atoms with E-state index in [-0.39, 0.29) is 12.4 Å². The lowest BCUT2D eigenvalue weighted by molar-refractivity contribution is -0.704. The van der Waals surface area contributed by atoms with Gasteiger partial charge in [-0.2, -0.15) is 0 Å². The Hall–Kier alpha value is -1.34. The molecule has 0 bridgehead atoms. The molecule has 1 heterocycles. The first-order valence-corrected chi connectivity index (χ1v) is 9.41. The van der Waals surface area contributed by atoms with Gasteiger partial charge >= 0.3 is 0 Å². The number of pyridine rings is 1. The Morgan fingerprint density at radius 3 is 2.04 bits per heavy atom. The zero-order valence-corrected chi connectivity index (χ0v) is 15.8. The molecule has 0 spiro atoms. The third kappa shape index (κ3) is 7.97. The van der Waals surface area contributed by atoms with Gasteiger partial charge in [-0.05, 0) is 12.0 Å². The molecule has 0 saturated heterocycles. The minimum atomic E-state index is 0. The van der Waals surface area contributed by atoms with Crippen molar-refractivity contribution in [2.24, 2.45) is 0 Å². The molecule has 24 heavy (non-hydrogen) atoms. The first-order chi connectivity index (χ1) is 11.4. The van der Waals surface area contributed by atoms with Crippen LogP contribution in [0, 0.1) is 0 Å². The molecule has 0 aliphatic carbocycles. The van der Waals surface area contributed by atoms with Crippen molar-refractivity contribution in [3.8, 4) is 0 Å². The molecule has 0 N–H and O–H groups in total. The van der Waals surface area contributed by atoms with Crippen molar-refractivity contribution >= 4 is 0 Å². The van der Waals surface area contributed by atoms with Crippen LogP contribution in [0.25, 0.3) is 0 Å². The molecule has 0 saturated carbocycles. The molecular weight excluding hydrogens is 314 g/mol. The highest BCUT2D eigenvalue weighted by molar-refractivity contribution is 5.19. The van der Waals surface area contributed by atoms with Crippen molar-refractivity contribution in [2.75, 3.05) is 0 Å². The first-order valence-electron chi connectivity index (χ1n) is 9.41. The molecule has 0 fully saturated rings. The van der Waals surface area contributed by atoms with E-state index >= 15 is 0 Å². The first kappa shape index (κ1) is 20.7. The van der Waals surface area contributed by atoms with E-state index < -0.39 is 0 Å². The summed E-state index contributed by atoms with van der Waals surface area (Å²) in [5.41, 5.74) is 2.81. The molecule has 0 atom stereocenters. The highest BCUT2D eigenvalue weighted by Gasteiger charge is 2.09. The van der Waals surface area contributed by atoms with E-state index in [4.69, 9.17) is 0 Å². The van der Waals surface area contributed by atoms with Gasteiger partial charge in [0, 0.05) is 18.6 Å². The van der Waals surface area contributed by atoms with Gasteiger partial charge in [0.25, 0.3) is 0 Å². The van der Waals surface area contributed by atoms with Crippen LogP contribution in [0.3, 0.4) is 0 Å². The van der Waals surface area contributed by atoms with E-state index in [2.05, 4.69) is 66.2 Å². The fourth-order valence-electron chi connectivity index (χ4n) is 3.11. The summed E-state index contributed by atoms with van der Waals surface area (Å²) < 4.78 is 2.43. The van der Waals surface area contributed by atoms with Crippen molar-refractivity contribution in [3.05, 3.63) is 66.0 Å². The van der Waals surface area contributed by atoms with Gasteiger partial charge < -0.3 is 12.4 Å². The summed E-state index contributed by atoms with van der Waals surface area (Å²) in [7, 11) is 0. The molecule has 1 aromatic heterocycles. The second-order valence-corrected chi connectivity index (χ2v) is 6.52. The molecule has 0 aliphatic heterocycles. The average Bonchev–Trinajstić information content (AvgIpc) is 2.59. The van der Waals surface area contributed by atoms with Crippen LogP contribution >= 0.6 is 0 Å². The third-order valence-electron chi connectivity index (χ3n) is 4.52. The van der Waals surface area contributed by atoms with Gasteiger partial charge in [0.15, 0.2) is 11.9 Å². The predicted molar refractivity (Wildman–Crippen MR) is 98.5 cm³/mol. The predicted octanol–water partition coefficient (Wildman–Crippen LogP) is 2.71. The van der Waals surface area contributed by atoms with Gasteiger partial charge in [0.05, 0.1) is 6.42 Å². The standard InChI is InChI=1S/C22H32N.ClH/c1-2-3-4-5-6-7-8-13-18-23-19-14-12-17-22(23)20-21-15-10-9-11-16-21;/h9-12,14-17,19H,2-8,13,18,20H2,1H3;1H/q+1;/p-1. The maximum absolute atomic E-state index is 2.43. The number of hydrogen-bond donors (Lipinski definition) is 0. The summed E-state index contributed by atoms with van der Waals surface area (Å²) >= 11 is 0. The quantitative estimate of drug-likeness (QED) is 0.435. The fraction of sp³-hybridized carbons (Fsp3) is 0.500. The molecule has 0 amide bonds. The van der Waals surface area contributed by atoms with Crippen LogP contribution < -0.4 is 17.0 Å². The van der Waals surface area contributed by atoms with Crippen molar-refractivity contribution in [1.29, 1.82) is 0 Å². The maximum atomic E-state index is 2.43. The zero-order valence-electron chi connectivity index (χ0n) is 15.1. The molecule has 2 heteroatoms. The Bertz CT molecular complexity index is 539. The van der Waals surface area contributed by atoms with E-state index in [1.807, 2.05) is 0 Å². The average molecular weight is 346 g/mol. The highest BCUT2D eigenvalue weighted by atomic mass is 35.5. The van der Waals surface area contributed by atoms with Crippen molar-refractivity contribution in [1.82, 2.24) is 0 Å². The molecule has 132 valence electrons. The number of aromatic nitrogens is 1. The smallest absolute Gasteiger partial charge is 0.185 e. The Balaban J connectivity index is 0.00000288. The lowest BCUT2D eigenvalue weighted by Gasteiger charge is -2.05. The van der Waals surface area contributed by atoms with E-state index in [1.54, 1.807) is 0 Å². The van der Waals surface area contributed by atoms with Crippen LogP contribution in [0.4, 0.5) is 0 Å². The number of benzene rings is 1. The molecule has 0 radical (unpaired) electrons. The van der Waals surface area contributed by atoms with Crippen molar-refractivity contribution in [2.45, 2.75) is 71.3 Å². The lowest BCUT2D eigenvalue weighted by Crippen LogP contribution is -3.00. The summed E-state index contributed by atoms with van der Waals surface area (Å²) in [6.07, 6.45) is 14.3. The number of hydrogen-bond acceptors (Lipinski definition) is 0. The summed E-state index contributed by atoms with van der Waals surface area (Å²) in [4.78, 5) is 0. The van der Waals surface area contributed by atoms with E-state index in [9.17, 15) is 0 Å². The maximum Gasteiger partial charge on any atom is 0.185 e. The Labute approximate surface area is 154 Å². The molecule has 0 aliphatic rings. The van der Waals surface area contributed by atoms with Gasteiger partial charge in [-0.25, -0.2) is 4.57 Å². The number of aryl methyl sites for hydroxylation is 1. The van der Waals surface area contributed by atoms with Crippen molar-refractivity contribution < 1.29 is 17.0 Å². The fourth-order valence-corrected chi connectivity index (χ4v) is 3.11. The van der Waals surface area contributed by atoms with Crippen LogP contribution in [0.5, 0.6) is 0 Å². The van der Waals surface area contributed by atoms with Crippen LogP contribution in [0.15, 0.2) is 54.7 Å². The Morgan fingerprint density at radius 1 is 0.708 bits per heavy atom. The van der Waals surface area contributed by atoms with Crippen LogP contribution in [0.1, 0.15) is 69.5 Å². The molecule has 1 nitrogen and oxygen atoms in total. The largest absolute Gasteiger partial charge is 1.00 e. The van der Waals surface area contributed by atoms with Gasteiger partial charge in [0.1, 0.15) is 6.54 Å². The SMILES string of the molecule is CCCCCCCCCC[n+]1ccccc1Cc1ccccc1.[Cl-]. The third-order valence-corrected chi connectivity index (χ3v) is 4.52. The second kappa shape index (κ2) is 13.0. The Kier molecular flexibility index (Phi) is 11.2. The molecule has 2 rings (SSSR count). The minimum Gasteiger partial charge on any atom is -1.00 e. The number of unbranched alkanes of at least 4 members (excludes halogenated alkanes) is 7. The minimum absolute atomic E-state index is 0. The van der Waals surface area contributed by atoms with Gasteiger partial charge in [-0.3, -0.25) is 0 Å². The monoisotopic (exact) mass is 345 g/mol. The topological polar surface area (TPSA) is 3.88 Å². The van der Waals surface area contributed by atoms with Crippen LogP contribution in [0.2, 0.25) is 0 Å². The summed E-state index contributed by atoms with van der Waals surface area (Å²) in [5.74, 6) is 0. The second-order valence-electron chi connectivity index (χ2n) is 6.52. The number of rotatable bonds is 11. The number of halogens is 1. The van der Waals surface area contributed by atoms with Crippen LogP contribution in [-0.2, 0) is 13.0 Å². The van der Waals surface area contributed by atoms with Crippen LogP contribution in [-0.4, -0.2) is 0 Å². The van der Waals surface area contributed by atoms with E-state index in [1.165, 1.54) is 62.6 Å². The van der Waals surface area contributed by atoms with Gasteiger partial charge in [-0.15, -0.1) is 0 Å². The normalized spacial score (nSPS) is 10.4. The zero-order chi connectivity index (χ0) is 16.2. The van der Waals surface area contributed by atoms with E-state index in [0.29, 0.717) is 0 Å². The lowest BCUT2D eigenvalue weighted by atomic mass is 10.1. The van der Waals surface area contributed by atoms with Gasteiger partial charge in [0.2, 0.25) is 0 Å². The Morgan fingerprint density at radius 2 is 1.33 bits per heavy atom. The summed E-state index contributed by atoms with van der Waals surface area (Å²) in [5, 5.41) is 0. The summed E-state index contributed by atoms with van der Waals surface area (Å²) in [6.45, 7) is 3.43. The molecule has 0 unspecified atom stereocenters. The molecule has 2 aromatic rings. The van der Waals surface area contributed by atoms with Crippen molar-refractivity contribution in [3.63, 3.8) is 0 Å². The molecular formula is C22H32ClN. The summed E-state index contributed by atoms with van der Waals surface area (Å²) in [6, 6.07) is 17.3. The van der Waals surface area contributed by atoms with E-state index in [0.717, 1.165) is 13.0 Å². The highest BCUT2D eigenvalue weighted by Crippen LogP contribution is 2.09.